The Morgan fingerprint density at radius 1 is 0.966 bits per heavy atom. The van der Waals surface area contributed by atoms with Gasteiger partial charge in [-0.2, -0.15) is 0 Å². The van der Waals surface area contributed by atoms with Crippen LogP contribution in [0.25, 0.3) is 5.70 Å². The standard InChI is InChI=1S/C22H17N5OS/c28-21-19-17-8-4-5-9-18(17)24-20(16-10-12-23-13-11-16)27(19)26-22(25-21)29-14-15-6-2-1-3-7-15/h1-13,20H,14H2,(H,25,26,28)/t20-/m0/s1. The lowest BCUT2D eigenvalue weighted by Crippen LogP contribution is -2.50. The molecule has 1 aromatic heterocycles. The number of nitrogens with zero attached hydrogens (tertiary/aromatic N) is 4. The van der Waals surface area contributed by atoms with Crippen molar-refractivity contribution in [1.82, 2.24) is 15.3 Å². The van der Waals surface area contributed by atoms with Crippen LogP contribution in [0.4, 0.5) is 0 Å². The normalized spacial score (nSPS) is 17.6. The van der Waals surface area contributed by atoms with E-state index in [1.165, 1.54) is 17.3 Å². The van der Waals surface area contributed by atoms with Gasteiger partial charge in [0.25, 0.3) is 5.91 Å². The average molecular weight is 399 g/mol. The van der Waals surface area contributed by atoms with E-state index in [1.807, 2.05) is 54.6 Å². The quantitative estimate of drug-likeness (QED) is 0.733. The molecule has 0 saturated carbocycles. The van der Waals surface area contributed by atoms with Gasteiger partial charge in [-0.25, -0.2) is 5.01 Å². The minimum Gasteiger partial charge on any atom is -0.298 e. The van der Waals surface area contributed by atoms with Crippen LogP contribution in [0.1, 0.15) is 17.3 Å². The van der Waals surface area contributed by atoms with Crippen molar-refractivity contribution in [2.75, 3.05) is 0 Å². The summed E-state index contributed by atoms with van der Waals surface area (Å²) in [6, 6.07) is 21.6. The number of amidine groups is 1. The first-order valence-electron chi connectivity index (χ1n) is 9.22. The van der Waals surface area contributed by atoms with Gasteiger partial charge in [0.15, 0.2) is 11.3 Å². The van der Waals surface area contributed by atoms with Crippen LogP contribution in [-0.2, 0) is 10.5 Å². The Hall–Kier alpha value is -3.45. The second-order valence-corrected chi connectivity index (χ2v) is 7.59. The molecule has 142 valence electrons. The second kappa shape index (κ2) is 7.52. The number of hydrazone groups is 1. The highest BCUT2D eigenvalue weighted by molar-refractivity contribution is 8.13. The molecule has 0 radical (unpaired) electrons. The van der Waals surface area contributed by atoms with Crippen molar-refractivity contribution >= 4 is 28.5 Å². The summed E-state index contributed by atoms with van der Waals surface area (Å²) in [6.07, 6.45) is 3.04. The van der Waals surface area contributed by atoms with E-state index in [0.29, 0.717) is 10.9 Å². The Kier molecular flexibility index (Phi) is 4.57. The summed E-state index contributed by atoms with van der Waals surface area (Å²) in [5.74, 6) is 0.550. The molecule has 0 bridgehead atoms. The summed E-state index contributed by atoms with van der Waals surface area (Å²) in [4.78, 5) is 22.0. The number of thioether (sulfide) groups is 1. The number of pyridine rings is 1. The molecular weight excluding hydrogens is 382 g/mol. The van der Waals surface area contributed by atoms with Crippen LogP contribution in [0.15, 0.2) is 89.2 Å². The highest BCUT2D eigenvalue weighted by atomic mass is 32.2. The highest BCUT2D eigenvalue weighted by Gasteiger charge is 2.34. The summed E-state index contributed by atoms with van der Waals surface area (Å²) < 4.78 is 0. The van der Waals surface area contributed by atoms with Crippen LogP contribution in [0.3, 0.4) is 0 Å². The van der Waals surface area contributed by atoms with Gasteiger partial charge in [0, 0.05) is 28.9 Å². The molecule has 0 fully saturated rings. The number of aromatic nitrogens is 1. The van der Waals surface area contributed by atoms with Crippen molar-refractivity contribution in [3.8, 4) is 0 Å². The second-order valence-electron chi connectivity index (χ2n) is 6.63. The third-order valence-corrected chi connectivity index (χ3v) is 5.67. The van der Waals surface area contributed by atoms with Gasteiger partial charge >= 0.3 is 0 Å². The Morgan fingerprint density at radius 2 is 1.72 bits per heavy atom. The maximum Gasteiger partial charge on any atom is 0.276 e. The van der Waals surface area contributed by atoms with E-state index in [-0.39, 0.29) is 5.91 Å². The maximum atomic E-state index is 13.1. The zero-order chi connectivity index (χ0) is 19.6. The number of carbonyl (C=O) groups excluding carboxylic acids is 1. The molecule has 1 N–H and O–H groups in total. The molecule has 7 heteroatoms. The van der Waals surface area contributed by atoms with Gasteiger partial charge in [-0.15, -0.1) is 5.10 Å². The molecule has 1 atom stereocenters. The lowest BCUT2D eigenvalue weighted by Gasteiger charge is -2.34. The van der Waals surface area contributed by atoms with E-state index in [1.54, 1.807) is 17.4 Å². The number of amides is 1. The van der Waals surface area contributed by atoms with Crippen LogP contribution in [-0.4, -0.2) is 21.1 Å². The van der Waals surface area contributed by atoms with Crippen LogP contribution in [0, 0.1) is 0 Å². The fourth-order valence-corrected chi connectivity index (χ4v) is 4.18. The molecule has 2 aliphatic heterocycles. The minimum absolute atomic E-state index is 0.169. The number of para-hydroxylation sites is 1. The Bertz CT molecular complexity index is 1210. The monoisotopic (exact) mass is 399 g/mol. The fourth-order valence-electron chi connectivity index (χ4n) is 3.37. The lowest BCUT2D eigenvalue weighted by atomic mass is 10.1. The summed E-state index contributed by atoms with van der Waals surface area (Å²) >= 11 is 1.50. The van der Waals surface area contributed by atoms with Crippen molar-refractivity contribution < 1.29 is 4.79 Å². The van der Waals surface area contributed by atoms with Gasteiger partial charge in [0.1, 0.15) is 5.70 Å². The number of carbonyl (C=O) groups is 1. The lowest BCUT2D eigenvalue weighted by molar-refractivity contribution is -0.116. The van der Waals surface area contributed by atoms with E-state index >= 15 is 0 Å². The van der Waals surface area contributed by atoms with Crippen molar-refractivity contribution in [2.24, 2.45) is 10.1 Å². The average Bonchev–Trinajstić information content (AvgIpc) is 2.78. The van der Waals surface area contributed by atoms with Gasteiger partial charge in [-0.3, -0.25) is 20.1 Å². The fraction of sp³-hybridized carbons (Fsp3) is 0.0909. The predicted molar refractivity (Wildman–Crippen MR) is 113 cm³/mol. The minimum atomic E-state index is -0.415. The molecule has 29 heavy (non-hydrogen) atoms. The molecule has 2 aromatic carbocycles. The van der Waals surface area contributed by atoms with Crippen LogP contribution >= 0.6 is 11.8 Å². The van der Waals surface area contributed by atoms with Crippen molar-refractivity contribution in [3.63, 3.8) is 0 Å². The van der Waals surface area contributed by atoms with E-state index in [9.17, 15) is 4.79 Å². The van der Waals surface area contributed by atoms with E-state index in [4.69, 9.17) is 10.1 Å². The third kappa shape index (κ3) is 3.40. The summed E-state index contributed by atoms with van der Waals surface area (Å²) in [5.41, 5.74) is 2.61. The first kappa shape index (κ1) is 17.6. The van der Waals surface area contributed by atoms with Crippen molar-refractivity contribution in [3.05, 3.63) is 101 Å². The number of fused-ring (bicyclic) bond motifs is 2. The van der Waals surface area contributed by atoms with Crippen molar-refractivity contribution in [1.29, 1.82) is 0 Å². The molecular formula is C22H17N5OS. The van der Waals surface area contributed by atoms with E-state index in [0.717, 1.165) is 21.9 Å². The van der Waals surface area contributed by atoms with Crippen molar-refractivity contribution in [2.45, 2.75) is 11.9 Å². The molecule has 0 unspecified atom stereocenters. The van der Waals surface area contributed by atoms with Gasteiger partial charge in [0.2, 0.25) is 0 Å². The molecule has 0 saturated heterocycles. The zero-order valence-corrected chi connectivity index (χ0v) is 16.2. The third-order valence-electron chi connectivity index (χ3n) is 4.74. The van der Waals surface area contributed by atoms with Crippen LogP contribution in [0.2, 0.25) is 0 Å². The van der Waals surface area contributed by atoms with E-state index in [2.05, 4.69) is 22.4 Å². The number of rotatable bonds is 3. The van der Waals surface area contributed by atoms with Gasteiger partial charge in [-0.05, 0) is 23.8 Å². The number of benzene rings is 2. The smallest absolute Gasteiger partial charge is 0.276 e. The Labute approximate surface area is 171 Å². The molecule has 5 rings (SSSR count). The first-order valence-corrected chi connectivity index (χ1v) is 10.2. The largest absolute Gasteiger partial charge is 0.298 e. The van der Waals surface area contributed by atoms with Crippen LogP contribution < -0.4 is 15.9 Å². The Balaban J connectivity index is 1.57. The van der Waals surface area contributed by atoms with Gasteiger partial charge in [0.05, 0.1) is 5.36 Å². The highest BCUT2D eigenvalue weighted by Crippen LogP contribution is 2.30. The molecule has 1 amide bonds. The molecule has 3 heterocycles. The summed E-state index contributed by atoms with van der Waals surface area (Å²) in [7, 11) is 0. The van der Waals surface area contributed by atoms with Gasteiger partial charge < -0.3 is 0 Å². The molecule has 0 spiro atoms. The van der Waals surface area contributed by atoms with Gasteiger partial charge in [-0.1, -0.05) is 60.3 Å². The van der Waals surface area contributed by atoms with E-state index < -0.39 is 6.17 Å². The predicted octanol–water partition coefficient (Wildman–Crippen LogP) is 2.16. The summed E-state index contributed by atoms with van der Waals surface area (Å²) in [6.45, 7) is 0. The first-order chi connectivity index (χ1) is 14.3. The topological polar surface area (TPSA) is 70.0 Å². The zero-order valence-electron chi connectivity index (χ0n) is 15.4. The number of nitrogens with one attached hydrogen (secondary N) is 1. The molecule has 2 aliphatic rings. The molecule has 6 nitrogen and oxygen atoms in total. The maximum absolute atomic E-state index is 13.1. The number of hydrogen-bond acceptors (Lipinski definition) is 6. The molecule has 0 aliphatic carbocycles. The van der Waals surface area contributed by atoms with Crippen LogP contribution in [0.5, 0.6) is 0 Å². The molecule has 3 aromatic rings. The number of hydrogen-bond donors (Lipinski definition) is 1. The summed E-state index contributed by atoms with van der Waals surface area (Å²) in [5, 5.41) is 11.6. The SMILES string of the molecule is O=C1NC(SCc2ccccc2)=NN2C1=c1ccccc1=N[C@@H]2c1ccncc1. The Morgan fingerprint density at radius 3 is 2.55 bits per heavy atom.